The van der Waals surface area contributed by atoms with Crippen molar-refractivity contribution in [3.8, 4) is 0 Å². The minimum absolute atomic E-state index is 0.0100. The topological polar surface area (TPSA) is 247 Å². The number of aliphatic hydroxyl groups is 1. The average Bonchev–Trinajstić information content (AvgIpc) is 3.48. The number of carbonyl (C=O) groups is 3. The van der Waals surface area contributed by atoms with E-state index in [1.807, 2.05) is 47.3 Å². The molecule has 0 spiro atoms. The molecule has 5 rings (SSSR count). The van der Waals surface area contributed by atoms with Gasteiger partial charge in [0.15, 0.2) is 17.0 Å². The van der Waals surface area contributed by atoms with Crippen molar-refractivity contribution in [3.63, 3.8) is 0 Å². The molecule has 1 fully saturated rings. The van der Waals surface area contributed by atoms with Crippen LogP contribution in [0.15, 0.2) is 65.9 Å². The lowest BCUT2D eigenvalue weighted by Gasteiger charge is -2.37. The minimum atomic E-state index is -1.31. The van der Waals surface area contributed by atoms with Crippen LogP contribution in [0.2, 0.25) is 0 Å². The van der Waals surface area contributed by atoms with E-state index in [0.717, 1.165) is 17.7 Å². The number of aromatic nitrogens is 4. The van der Waals surface area contributed by atoms with Gasteiger partial charge in [0.05, 0.1) is 30.6 Å². The fourth-order valence-electron chi connectivity index (χ4n) is 6.54. The number of fused-ring (bicyclic) bond motifs is 1. The van der Waals surface area contributed by atoms with Crippen LogP contribution in [0.25, 0.3) is 11.2 Å². The van der Waals surface area contributed by atoms with Gasteiger partial charge in [0.2, 0.25) is 11.9 Å². The van der Waals surface area contributed by atoms with Crippen molar-refractivity contribution < 1.29 is 29.4 Å². The summed E-state index contributed by atoms with van der Waals surface area (Å²) in [5, 5.41) is 28.3. The molecule has 1 aliphatic rings. The Kier molecular flexibility index (Phi) is 13.0. The highest BCUT2D eigenvalue weighted by molar-refractivity contribution is 5.97. The first-order valence-corrected chi connectivity index (χ1v) is 17.6. The summed E-state index contributed by atoms with van der Waals surface area (Å²) >= 11 is 0. The molecule has 0 radical (unpaired) electrons. The van der Waals surface area contributed by atoms with E-state index < -0.39 is 29.4 Å². The summed E-state index contributed by atoms with van der Waals surface area (Å²) in [7, 11) is 1.83. The van der Waals surface area contributed by atoms with Gasteiger partial charge in [0.25, 0.3) is 5.91 Å². The summed E-state index contributed by atoms with van der Waals surface area (Å²) < 4.78 is 0. The maximum atomic E-state index is 13.0. The van der Waals surface area contributed by atoms with Crippen LogP contribution in [0.5, 0.6) is 0 Å². The Morgan fingerprint density at radius 3 is 2.54 bits per heavy atom. The molecule has 2 aromatic heterocycles. The number of nitrogen functional groups attached to an aromatic ring is 2. The Morgan fingerprint density at radius 1 is 1.11 bits per heavy atom. The molecular weight excluding hydrogens is 694 g/mol. The van der Waals surface area contributed by atoms with Gasteiger partial charge >= 0.3 is 5.97 Å². The van der Waals surface area contributed by atoms with Crippen molar-refractivity contribution in [1.29, 1.82) is 0 Å². The van der Waals surface area contributed by atoms with Crippen LogP contribution in [-0.2, 0) is 27.5 Å². The third-order valence-electron chi connectivity index (χ3n) is 9.06. The van der Waals surface area contributed by atoms with Gasteiger partial charge < -0.3 is 31.9 Å². The molecular formula is C37H47N11O6. The molecule has 286 valence electrons. The van der Waals surface area contributed by atoms with Crippen molar-refractivity contribution in [1.82, 2.24) is 35.7 Å². The normalized spacial score (nSPS) is 17.9. The third-order valence-corrected chi connectivity index (χ3v) is 9.06. The number of carboxylic acid groups (broad SMARTS) is 1. The SMILES string of the molecule is CC(C)C[C@]1(C/C=N/NC(=O)CC[C@H](NC(=O)c2ccc(N(C)Cc3cnc4nc(N)nc(N)c4n3)cc2)C(=O)O)C[C@@H](CO)ON1Cc1ccccc1. The average molecular weight is 742 g/mol. The molecule has 1 saturated heterocycles. The molecule has 3 atom stereocenters. The summed E-state index contributed by atoms with van der Waals surface area (Å²) in [6.45, 7) is 5.01. The predicted octanol–water partition coefficient (Wildman–Crippen LogP) is 2.66. The van der Waals surface area contributed by atoms with Crippen LogP contribution in [0.1, 0.15) is 67.6 Å². The van der Waals surface area contributed by atoms with Gasteiger partial charge in [-0.2, -0.15) is 20.1 Å². The first-order chi connectivity index (χ1) is 25.9. The van der Waals surface area contributed by atoms with Crippen molar-refractivity contribution in [2.45, 2.75) is 76.7 Å². The molecule has 0 unspecified atom stereocenters. The smallest absolute Gasteiger partial charge is 0.326 e. The number of hydrogen-bond acceptors (Lipinski definition) is 14. The van der Waals surface area contributed by atoms with E-state index in [9.17, 15) is 24.6 Å². The number of aliphatic hydroxyl groups excluding tert-OH is 1. The highest BCUT2D eigenvalue weighted by atomic mass is 16.7. The van der Waals surface area contributed by atoms with Gasteiger partial charge in [0, 0.05) is 43.9 Å². The zero-order chi connectivity index (χ0) is 38.8. The van der Waals surface area contributed by atoms with Gasteiger partial charge in [-0.25, -0.2) is 20.2 Å². The van der Waals surface area contributed by atoms with Crippen LogP contribution in [0.3, 0.4) is 0 Å². The Bertz CT molecular complexity index is 1950. The number of hydrazone groups is 1. The molecule has 0 aliphatic carbocycles. The molecule has 8 N–H and O–H groups in total. The van der Waals surface area contributed by atoms with Crippen LogP contribution in [0, 0.1) is 5.92 Å². The van der Waals surface area contributed by atoms with Gasteiger partial charge in [-0.1, -0.05) is 44.2 Å². The van der Waals surface area contributed by atoms with E-state index in [2.05, 4.69) is 49.6 Å². The molecule has 0 saturated carbocycles. The van der Waals surface area contributed by atoms with E-state index in [1.54, 1.807) is 36.7 Å². The molecule has 17 nitrogen and oxygen atoms in total. The number of amides is 2. The van der Waals surface area contributed by atoms with Crippen LogP contribution in [0.4, 0.5) is 17.5 Å². The number of nitrogens with two attached hydrogens (primary N) is 2. The standard InChI is InChI=1S/C37H47N11O6/c1-23(2)17-37(18-28(22-49)54-48(37)20-24-7-5-4-6-8-24)15-16-41-46-30(50)14-13-29(35(52)53)43-34(51)25-9-11-27(12-10-25)47(3)21-26-19-40-33-31(42-26)32(38)44-36(39)45-33/h4-12,16,19,23,28-29,49H,13-15,17-18,20-22H2,1-3H3,(H,43,51)(H,46,50)(H,52,53)(H4,38,39,40,44,45)/b41-16+/t28-,29-,37+/m0/s1. The summed E-state index contributed by atoms with van der Waals surface area (Å²) in [5.41, 5.74) is 16.9. The van der Waals surface area contributed by atoms with E-state index >= 15 is 0 Å². The number of benzene rings is 2. The van der Waals surface area contributed by atoms with Gasteiger partial charge in [-0.15, -0.1) is 0 Å². The maximum absolute atomic E-state index is 13.0. The number of carbonyl (C=O) groups excluding carboxylic acids is 2. The number of aliphatic carboxylic acids is 1. The van der Waals surface area contributed by atoms with E-state index in [4.69, 9.17) is 16.3 Å². The Balaban J connectivity index is 1.12. The summed E-state index contributed by atoms with van der Waals surface area (Å²) in [6.07, 6.45) is 4.32. The fourth-order valence-corrected chi connectivity index (χ4v) is 6.54. The summed E-state index contributed by atoms with van der Waals surface area (Å²) in [5.74, 6) is -1.90. The lowest BCUT2D eigenvalue weighted by molar-refractivity contribution is -0.202. The Morgan fingerprint density at radius 2 is 1.85 bits per heavy atom. The van der Waals surface area contributed by atoms with Gasteiger partial charge in [-0.05, 0) is 55.0 Å². The lowest BCUT2D eigenvalue weighted by atomic mass is 9.82. The zero-order valence-corrected chi connectivity index (χ0v) is 30.6. The zero-order valence-electron chi connectivity index (χ0n) is 30.6. The largest absolute Gasteiger partial charge is 0.480 e. The molecule has 4 aromatic rings. The van der Waals surface area contributed by atoms with Crippen molar-refractivity contribution in [2.24, 2.45) is 11.0 Å². The monoisotopic (exact) mass is 741 g/mol. The molecule has 1 aliphatic heterocycles. The number of carboxylic acids is 1. The molecule has 54 heavy (non-hydrogen) atoms. The molecule has 17 heteroatoms. The Hall–Kier alpha value is -5.78. The molecule has 2 amide bonds. The predicted molar refractivity (Wildman–Crippen MR) is 203 cm³/mol. The van der Waals surface area contributed by atoms with Crippen LogP contribution >= 0.6 is 0 Å². The van der Waals surface area contributed by atoms with Gasteiger partial charge in [0.1, 0.15) is 12.1 Å². The summed E-state index contributed by atoms with van der Waals surface area (Å²) in [4.78, 5) is 62.4. The number of rotatable bonds is 17. The lowest BCUT2D eigenvalue weighted by Crippen LogP contribution is -2.44. The first kappa shape index (κ1) is 39.4. The van der Waals surface area contributed by atoms with E-state index in [0.29, 0.717) is 48.7 Å². The van der Waals surface area contributed by atoms with E-state index in [1.165, 1.54) is 0 Å². The van der Waals surface area contributed by atoms with E-state index in [-0.39, 0.29) is 42.9 Å². The summed E-state index contributed by atoms with van der Waals surface area (Å²) in [6, 6.07) is 15.2. The number of nitrogens with one attached hydrogen (secondary N) is 2. The second-order valence-corrected chi connectivity index (χ2v) is 13.8. The highest BCUT2D eigenvalue weighted by Crippen LogP contribution is 2.40. The second kappa shape index (κ2) is 17.8. The number of hydroxylamine groups is 2. The van der Waals surface area contributed by atoms with Crippen molar-refractivity contribution in [3.05, 3.63) is 77.6 Å². The maximum Gasteiger partial charge on any atom is 0.326 e. The molecule has 0 bridgehead atoms. The number of anilines is 3. The van der Waals surface area contributed by atoms with Crippen molar-refractivity contribution >= 4 is 52.6 Å². The van der Waals surface area contributed by atoms with Crippen LogP contribution in [-0.4, -0.2) is 90.5 Å². The van der Waals surface area contributed by atoms with Crippen LogP contribution < -0.4 is 27.1 Å². The Labute approximate surface area is 312 Å². The molecule has 3 heterocycles. The quantitative estimate of drug-likeness (QED) is 0.0673. The highest BCUT2D eigenvalue weighted by Gasteiger charge is 2.46. The van der Waals surface area contributed by atoms with Crippen molar-refractivity contribution in [2.75, 3.05) is 30.0 Å². The molecule has 2 aromatic carbocycles. The number of hydrogen-bond donors (Lipinski definition) is 6. The van der Waals surface area contributed by atoms with Gasteiger partial charge in [-0.3, -0.25) is 14.4 Å². The second-order valence-electron chi connectivity index (χ2n) is 13.8. The first-order valence-electron chi connectivity index (χ1n) is 17.6. The fraction of sp³-hybridized carbons (Fsp3) is 0.405. The third kappa shape index (κ3) is 10.2. The number of nitrogens with zero attached hydrogens (tertiary/aromatic N) is 7. The minimum Gasteiger partial charge on any atom is -0.480 e.